The normalized spacial score (nSPS) is 17.8. The highest BCUT2D eigenvalue weighted by molar-refractivity contribution is 5.94. The molecule has 146 valence electrons. The maximum Gasteiger partial charge on any atom is 0.251 e. The Morgan fingerprint density at radius 1 is 1.26 bits per heavy atom. The van der Waals surface area contributed by atoms with Gasteiger partial charge in [0.25, 0.3) is 5.91 Å². The van der Waals surface area contributed by atoms with Crippen molar-refractivity contribution in [2.24, 2.45) is 5.92 Å². The number of likely N-dealkylation sites (tertiary alicyclic amines) is 1. The molecule has 0 spiro atoms. The van der Waals surface area contributed by atoms with Crippen LogP contribution in [0.4, 0.5) is 0 Å². The quantitative estimate of drug-likeness (QED) is 0.762. The Balaban J connectivity index is 1.42. The van der Waals surface area contributed by atoms with Crippen LogP contribution in [0.1, 0.15) is 53.5 Å². The van der Waals surface area contributed by atoms with E-state index in [0.29, 0.717) is 0 Å². The van der Waals surface area contributed by atoms with Gasteiger partial charge in [0.15, 0.2) is 0 Å². The van der Waals surface area contributed by atoms with Crippen molar-refractivity contribution >= 4 is 5.91 Å². The summed E-state index contributed by atoms with van der Waals surface area (Å²) in [5.41, 5.74) is 4.05. The van der Waals surface area contributed by atoms with Crippen LogP contribution in [0.25, 0.3) is 0 Å². The van der Waals surface area contributed by atoms with Gasteiger partial charge in [0.2, 0.25) is 0 Å². The van der Waals surface area contributed by atoms with Crippen molar-refractivity contribution in [3.63, 3.8) is 0 Å². The van der Waals surface area contributed by atoms with Crippen LogP contribution < -0.4 is 5.32 Å². The molecule has 1 aromatic heterocycles. The van der Waals surface area contributed by atoms with Gasteiger partial charge >= 0.3 is 0 Å². The molecule has 1 amide bonds. The van der Waals surface area contributed by atoms with Crippen molar-refractivity contribution in [2.75, 3.05) is 26.2 Å². The third kappa shape index (κ3) is 5.67. The third-order valence-electron chi connectivity index (χ3n) is 5.33. The highest BCUT2D eigenvalue weighted by Gasteiger charge is 2.15. The molecule has 1 aliphatic heterocycles. The number of aryl methyl sites for hydroxylation is 2. The summed E-state index contributed by atoms with van der Waals surface area (Å²) in [6.07, 6.45) is 3.66. The monoisotopic (exact) mass is 368 g/mol. The standard InChI is InChI=1S/C22H32N4O/c1-17-6-4-12-25(15-17)13-5-11-23-22(27)21-9-7-20(8-10-21)16-26-19(3)14-18(2)24-26/h7-10,14,17H,4-6,11-13,15-16H2,1-3H3,(H,23,27). The maximum absolute atomic E-state index is 12.3. The molecule has 1 aromatic carbocycles. The number of nitrogens with one attached hydrogen (secondary N) is 1. The van der Waals surface area contributed by atoms with Crippen LogP contribution in [0.15, 0.2) is 30.3 Å². The second kappa shape index (κ2) is 9.18. The molecule has 1 aliphatic rings. The smallest absolute Gasteiger partial charge is 0.251 e. The number of piperidine rings is 1. The summed E-state index contributed by atoms with van der Waals surface area (Å²) in [6, 6.07) is 9.92. The van der Waals surface area contributed by atoms with Gasteiger partial charge in [-0.3, -0.25) is 9.48 Å². The summed E-state index contributed by atoms with van der Waals surface area (Å²) in [5, 5.41) is 7.54. The van der Waals surface area contributed by atoms with Crippen molar-refractivity contribution in [3.05, 3.63) is 52.8 Å². The Bertz CT molecular complexity index is 750. The van der Waals surface area contributed by atoms with E-state index in [4.69, 9.17) is 0 Å². The molecule has 1 fully saturated rings. The summed E-state index contributed by atoms with van der Waals surface area (Å²) < 4.78 is 1.99. The summed E-state index contributed by atoms with van der Waals surface area (Å²) in [7, 11) is 0. The second-order valence-electron chi connectivity index (χ2n) is 7.94. The van der Waals surface area contributed by atoms with Gasteiger partial charge in [-0.2, -0.15) is 5.10 Å². The van der Waals surface area contributed by atoms with Crippen LogP contribution in [0.3, 0.4) is 0 Å². The first-order valence-corrected chi connectivity index (χ1v) is 10.1. The van der Waals surface area contributed by atoms with E-state index in [1.807, 2.05) is 35.9 Å². The fourth-order valence-electron chi connectivity index (χ4n) is 3.87. The number of hydrogen-bond acceptors (Lipinski definition) is 3. The lowest BCUT2D eigenvalue weighted by Gasteiger charge is -2.30. The summed E-state index contributed by atoms with van der Waals surface area (Å²) in [4.78, 5) is 14.9. The molecule has 0 aliphatic carbocycles. The van der Waals surface area contributed by atoms with E-state index in [9.17, 15) is 4.79 Å². The Morgan fingerprint density at radius 3 is 2.70 bits per heavy atom. The average Bonchev–Trinajstić information content (AvgIpc) is 2.96. The van der Waals surface area contributed by atoms with E-state index in [1.54, 1.807) is 0 Å². The lowest BCUT2D eigenvalue weighted by Crippen LogP contribution is -2.36. The molecule has 1 atom stereocenters. The van der Waals surface area contributed by atoms with Crippen molar-refractivity contribution in [3.8, 4) is 0 Å². The fraction of sp³-hybridized carbons (Fsp3) is 0.545. The van der Waals surface area contributed by atoms with Gasteiger partial charge in [-0.15, -0.1) is 0 Å². The molecular weight excluding hydrogens is 336 g/mol. The third-order valence-corrected chi connectivity index (χ3v) is 5.33. The molecule has 27 heavy (non-hydrogen) atoms. The van der Waals surface area contributed by atoms with E-state index in [1.165, 1.54) is 25.9 Å². The minimum absolute atomic E-state index is 0.0136. The molecule has 5 nitrogen and oxygen atoms in total. The molecule has 1 saturated heterocycles. The van der Waals surface area contributed by atoms with Gasteiger partial charge in [-0.1, -0.05) is 19.1 Å². The number of amides is 1. The Hall–Kier alpha value is -2.14. The number of rotatable bonds is 7. The predicted molar refractivity (Wildman–Crippen MR) is 109 cm³/mol. The SMILES string of the molecule is Cc1cc(C)n(Cc2ccc(C(=O)NCCCN3CCCC(C)C3)cc2)n1. The molecule has 0 saturated carbocycles. The molecule has 1 unspecified atom stereocenters. The van der Waals surface area contributed by atoms with Gasteiger partial charge in [0.1, 0.15) is 0 Å². The summed E-state index contributed by atoms with van der Waals surface area (Å²) >= 11 is 0. The molecule has 0 radical (unpaired) electrons. The molecule has 0 bridgehead atoms. The molecular formula is C22H32N4O. The zero-order chi connectivity index (χ0) is 19.2. The van der Waals surface area contributed by atoms with E-state index in [-0.39, 0.29) is 5.91 Å². The van der Waals surface area contributed by atoms with Crippen LogP contribution in [-0.4, -0.2) is 46.8 Å². The predicted octanol–water partition coefficient (Wildman–Crippen LogP) is 3.40. The molecule has 3 rings (SSSR count). The van der Waals surface area contributed by atoms with Crippen LogP contribution >= 0.6 is 0 Å². The van der Waals surface area contributed by atoms with E-state index in [2.05, 4.69) is 35.2 Å². The van der Waals surface area contributed by atoms with Gasteiger partial charge in [-0.25, -0.2) is 0 Å². The van der Waals surface area contributed by atoms with Gasteiger partial charge < -0.3 is 10.2 Å². The van der Waals surface area contributed by atoms with Crippen molar-refractivity contribution in [1.82, 2.24) is 20.0 Å². The summed E-state index contributed by atoms with van der Waals surface area (Å²) in [5.74, 6) is 0.820. The van der Waals surface area contributed by atoms with E-state index < -0.39 is 0 Å². The lowest BCUT2D eigenvalue weighted by atomic mass is 10.0. The molecule has 2 aromatic rings. The van der Waals surface area contributed by atoms with E-state index >= 15 is 0 Å². The fourth-order valence-corrected chi connectivity index (χ4v) is 3.87. The van der Waals surface area contributed by atoms with E-state index in [0.717, 1.165) is 54.5 Å². The van der Waals surface area contributed by atoms with Gasteiger partial charge in [-0.05, 0) is 75.9 Å². The largest absolute Gasteiger partial charge is 0.352 e. The highest BCUT2D eigenvalue weighted by atomic mass is 16.1. The van der Waals surface area contributed by atoms with Gasteiger partial charge in [0, 0.05) is 24.3 Å². The zero-order valence-electron chi connectivity index (χ0n) is 16.9. The van der Waals surface area contributed by atoms with Crippen molar-refractivity contribution < 1.29 is 4.79 Å². The number of nitrogens with zero attached hydrogens (tertiary/aromatic N) is 3. The number of aromatic nitrogens is 2. The van der Waals surface area contributed by atoms with Gasteiger partial charge in [0.05, 0.1) is 12.2 Å². The van der Waals surface area contributed by atoms with Crippen LogP contribution in [-0.2, 0) is 6.54 Å². The average molecular weight is 369 g/mol. The minimum Gasteiger partial charge on any atom is -0.352 e. The number of benzene rings is 1. The van der Waals surface area contributed by atoms with Crippen LogP contribution in [0, 0.1) is 19.8 Å². The lowest BCUT2D eigenvalue weighted by molar-refractivity contribution is 0.0950. The Labute approximate surface area is 162 Å². The highest BCUT2D eigenvalue weighted by Crippen LogP contribution is 2.15. The summed E-state index contributed by atoms with van der Waals surface area (Å²) in [6.45, 7) is 11.3. The zero-order valence-corrected chi connectivity index (χ0v) is 16.9. The molecule has 1 N–H and O–H groups in total. The number of carbonyl (C=O) groups excluding carboxylic acids is 1. The van der Waals surface area contributed by atoms with Crippen LogP contribution in [0.5, 0.6) is 0 Å². The van der Waals surface area contributed by atoms with Crippen molar-refractivity contribution in [2.45, 2.75) is 46.6 Å². The topological polar surface area (TPSA) is 50.2 Å². The number of carbonyl (C=O) groups is 1. The maximum atomic E-state index is 12.3. The Kier molecular flexibility index (Phi) is 6.67. The molecule has 5 heteroatoms. The first-order chi connectivity index (χ1) is 13.0. The molecule has 2 heterocycles. The van der Waals surface area contributed by atoms with Crippen molar-refractivity contribution in [1.29, 1.82) is 0 Å². The first-order valence-electron chi connectivity index (χ1n) is 10.1. The second-order valence-corrected chi connectivity index (χ2v) is 7.94. The first kappa shape index (κ1) is 19.6. The Morgan fingerprint density at radius 2 is 2.04 bits per heavy atom. The number of hydrogen-bond donors (Lipinski definition) is 1. The minimum atomic E-state index is 0.0136. The van der Waals surface area contributed by atoms with Crippen LogP contribution in [0.2, 0.25) is 0 Å².